The van der Waals surface area contributed by atoms with Gasteiger partial charge < -0.3 is 14.6 Å². The molecule has 1 N–H and O–H groups in total. The summed E-state index contributed by atoms with van der Waals surface area (Å²) in [4.78, 5) is 0.0985. The highest BCUT2D eigenvalue weighted by molar-refractivity contribution is 9.10. The van der Waals surface area contributed by atoms with Crippen LogP contribution in [0, 0.1) is 6.92 Å². The summed E-state index contributed by atoms with van der Waals surface area (Å²) < 4.78 is 40.5. The number of rotatable bonds is 8. The van der Waals surface area contributed by atoms with Gasteiger partial charge in [-0.05, 0) is 47.1 Å². The molecule has 0 aromatic heterocycles. The maximum Gasteiger partial charge on any atom is 0.297 e. The topological polar surface area (TPSA) is 82.1 Å². The van der Waals surface area contributed by atoms with Crippen molar-refractivity contribution < 1.29 is 27.2 Å². The van der Waals surface area contributed by atoms with Crippen LogP contribution in [0.15, 0.2) is 45.8 Å². The van der Waals surface area contributed by atoms with Gasteiger partial charge in [0, 0.05) is 5.56 Å². The zero-order chi connectivity index (χ0) is 18.4. The van der Waals surface area contributed by atoms with Crippen LogP contribution in [0.5, 0.6) is 11.5 Å². The molecule has 0 aliphatic heterocycles. The molecule has 0 atom stereocenters. The number of aliphatic hydroxyl groups excluding tert-OH is 1. The zero-order valence-electron chi connectivity index (χ0n) is 13.9. The molecule has 0 heterocycles. The van der Waals surface area contributed by atoms with Gasteiger partial charge in [0.1, 0.15) is 24.7 Å². The number of hydrogen-bond acceptors (Lipinski definition) is 6. The Morgan fingerprint density at radius 3 is 2.36 bits per heavy atom. The van der Waals surface area contributed by atoms with Crippen molar-refractivity contribution >= 4 is 26.0 Å². The standard InChI is InChI=1S/C17H19BrO6S/c1-12-3-5-14(6-4-12)25(20,21)24-8-7-23-16-10-15(18)17(22-2)9-13(16)11-19/h3-6,9-10,19H,7-8,11H2,1-2H3. The minimum Gasteiger partial charge on any atom is -0.496 e. The van der Waals surface area contributed by atoms with Gasteiger partial charge in [0.2, 0.25) is 0 Å². The molecule has 0 unspecified atom stereocenters. The van der Waals surface area contributed by atoms with E-state index in [0.717, 1.165) is 5.56 Å². The Kier molecular flexibility index (Phi) is 6.83. The largest absolute Gasteiger partial charge is 0.496 e. The van der Waals surface area contributed by atoms with Crippen LogP contribution in [-0.4, -0.2) is 33.8 Å². The van der Waals surface area contributed by atoms with Crippen molar-refractivity contribution in [2.24, 2.45) is 0 Å². The Hall–Kier alpha value is -1.61. The molecular formula is C17H19BrO6S. The molecule has 136 valence electrons. The predicted octanol–water partition coefficient (Wildman–Crippen LogP) is 3.04. The first kappa shape index (κ1) is 19.7. The van der Waals surface area contributed by atoms with Crippen LogP contribution in [0.25, 0.3) is 0 Å². The van der Waals surface area contributed by atoms with Crippen molar-refractivity contribution in [1.29, 1.82) is 0 Å². The Labute approximate surface area is 155 Å². The van der Waals surface area contributed by atoms with E-state index in [0.29, 0.717) is 21.5 Å². The van der Waals surface area contributed by atoms with E-state index in [1.54, 1.807) is 24.3 Å². The highest BCUT2D eigenvalue weighted by atomic mass is 79.9. The lowest BCUT2D eigenvalue weighted by Gasteiger charge is -2.13. The highest BCUT2D eigenvalue weighted by Crippen LogP contribution is 2.32. The molecule has 0 saturated heterocycles. The third-order valence-electron chi connectivity index (χ3n) is 3.39. The summed E-state index contributed by atoms with van der Waals surface area (Å²) in [6.07, 6.45) is 0. The van der Waals surface area contributed by atoms with Crippen LogP contribution >= 0.6 is 15.9 Å². The summed E-state index contributed by atoms with van der Waals surface area (Å²) in [7, 11) is -2.31. The van der Waals surface area contributed by atoms with Gasteiger partial charge in [0.05, 0.1) is 23.1 Å². The monoisotopic (exact) mass is 430 g/mol. The molecule has 25 heavy (non-hydrogen) atoms. The molecule has 0 fully saturated rings. The maximum absolute atomic E-state index is 12.1. The van der Waals surface area contributed by atoms with Crippen LogP contribution in [0.2, 0.25) is 0 Å². The van der Waals surface area contributed by atoms with Crippen molar-refractivity contribution in [2.45, 2.75) is 18.4 Å². The summed E-state index contributed by atoms with van der Waals surface area (Å²) in [5.74, 6) is 0.987. The van der Waals surface area contributed by atoms with E-state index < -0.39 is 10.1 Å². The number of methoxy groups -OCH3 is 1. The quantitative estimate of drug-likeness (QED) is 0.511. The van der Waals surface area contributed by atoms with Crippen LogP contribution < -0.4 is 9.47 Å². The Balaban J connectivity index is 1.97. The van der Waals surface area contributed by atoms with Gasteiger partial charge in [-0.1, -0.05) is 17.7 Å². The van der Waals surface area contributed by atoms with E-state index in [-0.39, 0.29) is 24.7 Å². The molecule has 6 nitrogen and oxygen atoms in total. The normalized spacial score (nSPS) is 11.4. The molecule has 8 heteroatoms. The molecular weight excluding hydrogens is 412 g/mol. The minimum absolute atomic E-state index is 0.0108. The number of aryl methyl sites for hydroxylation is 1. The average molecular weight is 431 g/mol. The Morgan fingerprint density at radius 1 is 1.08 bits per heavy atom. The van der Waals surface area contributed by atoms with Crippen molar-refractivity contribution in [3.8, 4) is 11.5 Å². The van der Waals surface area contributed by atoms with E-state index in [9.17, 15) is 13.5 Å². The second-order valence-corrected chi connectivity index (χ2v) is 7.66. The number of benzene rings is 2. The Bertz CT molecular complexity index is 818. The lowest BCUT2D eigenvalue weighted by molar-refractivity contribution is 0.212. The van der Waals surface area contributed by atoms with Gasteiger partial charge in [0.25, 0.3) is 10.1 Å². The fourth-order valence-corrected chi connectivity index (χ4v) is 3.44. The highest BCUT2D eigenvalue weighted by Gasteiger charge is 2.15. The van der Waals surface area contributed by atoms with E-state index in [1.807, 2.05) is 6.92 Å². The van der Waals surface area contributed by atoms with Gasteiger partial charge in [-0.2, -0.15) is 8.42 Å². The van der Waals surface area contributed by atoms with E-state index in [2.05, 4.69) is 15.9 Å². The summed E-state index contributed by atoms with van der Waals surface area (Å²) in [5.41, 5.74) is 1.49. The van der Waals surface area contributed by atoms with Gasteiger partial charge in [-0.15, -0.1) is 0 Å². The first-order valence-corrected chi connectivity index (χ1v) is 9.63. The number of aliphatic hydroxyl groups is 1. The van der Waals surface area contributed by atoms with E-state index in [1.165, 1.54) is 19.2 Å². The summed E-state index contributed by atoms with van der Waals surface area (Å²) in [5, 5.41) is 9.41. The lowest BCUT2D eigenvalue weighted by Crippen LogP contribution is -2.13. The van der Waals surface area contributed by atoms with Crippen LogP contribution in [0.3, 0.4) is 0 Å². The molecule has 2 aromatic carbocycles. The van der Waals surface area contributed by atoms with Crippen molar-refractivity contribution in [2.75, 3.05) is 20.3 Å². The van der Waals surface area contributed by atoms with Crippen molar-refractivity contribution in [3.05, 3.63) is 52.0 Å². The smallest absolute Gasteiger partial charge is 0.297 e. The molecule has 0 saturated carbocycles. The summed E-state index contributed by atoms with van der Waals surface area (Å²) >= 11 is 3.33. The van der Waals surface area contributed by atoms with Crippen molar-refractivity contribution in [1.82, 2.24) is 0 Å². The number of hydrogen-bond donors (Lipinski definition) is 1. The average Bonchev–Trinajstić information content (AvgIpc) is 2.59. The number of ether oxygens (including phenoxy) is 2. The van der Waals surface area contributed by atoms with Gasteiger partial charge in [-0.3, -0.25) is 4.18 Å². The minimum atomic E-state index is -3.82. The predicted molar refractivity (Wildman–Crippen MR) is 96.4 cm³/mol. The van der Waals surface area contributed by atoms with Crippen LogP contribution in [-0.2, 0) is 20.9 Å². The third-order valence-corrected chi connectivity index (χ3v) is 5.34. The first-order valence-electron chi connectivity index (χ1n) is 7.43. The maximum atomic E-state index is 12.1. The van der Waals surface area contributed by atoms with Crippen LogP contribution in [0.1, 0.15) is 11.1 Å². The number of halogens is 1. The molecule has 0 aliphatic carbocycles. The van der Waals surface area contributed by atoms with Gasteiger partial charge >= 0.3 is 0 Å². The fourth-order valence-electron chi connectivity index (χ4n) is 2.06. The second kappa shape index (κ2) is 8.66. The van der Waals surface area contributed by atoms with Crippen LogP contribution in [0.4, 0.5) is 0 Å². The lowest BCUT2D eigenvalue weighted by atomic mass is 10.2. The molecule has 2 aromatic rings. The van der Waals surface area contributed by atoms with Gasteiger partial charge in [-0.25, -0.2) is 0 Å². The third kappa shape index (κ3) is 5.18. The second-order valence-electron chi connectivity index (χ2n) is 5.19. The van der Waals surface area contributed by atoms with Gasteiger partial charge in [0.15, 0.2) is 0 Å². The molecule has 0 spiro atoms. The SMILES string of the molecule is COc1cc(CO)c(OCCOS(=O)(=O)c2ccc(C)cc2)cc1Br. The zero-order valence-corrected chi connectivity index (χ0v) is 16.3. The van der Waals surface area contributed by atoms with E-state index in [4.69, 9.17) is 13.7 Å². The Morgan fingerprint density at radius 2 is 1.76 bits per heavy atom. The molecule has 0 aliphatic rings. The van der Waals surface area contributed by atoms with E-state index >= 15 is 0 Å². The summed E-state index contributed by atoms with van der Waals surface area (Å²) in [6, 6.07) is 9.69. The summed E-state index contributed by atoms with van der Waals surface area (Å²) in [6.45, 7) is 1.50. The molecule has 2 rings (SSSR count). The molecule has 0 bridgehead atoms. The first-order chi connectivity index (χ1) is 11.9. The molecule has 0 amide bonds. The van der Waals surface area contributed by atoms with Crippen molar-refractivity contribution in [3.63, 3.8) is 0 Å². The fraction of sp³-hybridized carbons (Fsp3) is 0.294. The molecule has 0 radical (unpaired) electrons.